The summed E-state index contributed by atoms with van der Waals surface area (Å²) in [7, 11) is 0. The molecule has 0 atom stereocenters. The molecule has 1 fully saturated rings. The summed E-state index contributed by atoms with van der Waals surface area (Å²) in [6, 6.07) is 6.61. The van der Waals surface area contributed by atoms with Crippen LogP contribution in [0, 0.1) is 0 Å². The van der Waals surface area contributed by atoms with Crippen LogP contribution in [0.2, 0.25) is 0 Å². The molecule has 0 bridgehead atoms. The Kier molecular flexibility index (Phi) is 1.97. The molecule has 3 heteroatoms. The van der Waals surface area contributed by atoms with Gasteiger partial charge in [0.15, 0.2) is 0 Å². The Hall–Kier alpha value is -0.700. The Balaban J connectivity index is 2.23. The topological polar surface area (TPSA) is 38.0 Å². The van der Waals surface area contributed by atoms with Crippen LogP contribution in [0.4, 0.5) is 11.4 Å². The molecular formula is C9H11BrN2. The van der Waals surface area contributed by atoms with Crippen LogP contribution in [0.15, 0.2) is 22.7 Å². The number of nitrogen functional groups attached to an aromatic ring is 1. The Morgan fingerprint density at radius 3 is 2.83 bits per heavy atom. The normalized spacial score (nSPS) is 16.1. The zero-order valence-corrected chi connectivity index (χ0v) is 8.26. The number of hydrogen-bond acceptors (Lipinski definition) is 2. The van der Waals surface area contributed by atoms with Crippen LogP contribution < -0.4 is 11.1 Å². The third-order valence-electron chi connectivity index (χ3n) is 1.99. The molecule has 2 rings (SSSR count). The zero-order chi connectivity index (χ0) is 8.55. The van der Waals surface area contributed by atoms with E-state index in [9.17, 15) is 0 Å². The van der Waals surface area contributed by atoms with Crippen LogP contribution in [0.1, 0.15) is 12.8 Å². The second kappa shape index (κ2) is 2.98. The average Bonchev–Trinajstić information content (AvgIpc) is 2.83. The maximum absolute atomic E-state index is 5.85. The molecule has 0 spiro atoms. The third-order valence-corrected chi connectivity index (χ3v) is 2.68. The molecule has 1 aromatic rings. The summed E-state index contributed by atoms with van der Waals surface area (Å²) >= 11 is 3.39. The maximum atomic E-state index is 5.85. The molecule has 0 amide bonds. The first kappa shape index (κ1) is 7.92. The molecule has 0 saturated heterocycles. The lowest BCUT2D eigenvalue weighted by Gasteiger charge is -2.08. The van der Waals surface area contributed by atoms with Gasteiger partial charge in [-0.25, -0.2) is 0 Å². The van der Waals surface area contributed by atoms with Crippen molar-refractivity contribution >= 4 is 27.3 Å². The van der Waals surface area contributed by atoms with Crippen molar-refractivity contribution in [1.29, 1.82) is 0 Å². The fourth-order valence-electron chi connectivity index (χ4n) is 1.11. The van der Waals surface area contributed by atoms with E-state index < -0.39 is 0 Å². The van der Waals surface area contributed by atoms with Gasteiger partial charge in [0.2, 0.25) is 0 Å². The number of benzene rings is 1. The van der Waals surface area contributed by atoms with Crippen molar-refractivity contribution in [2.45, 2.75) is 18.9 Å². The van der Waals surface area contributed by atoms with Crippen molar-refractivity contribution in [2.75, 3.05) is 11.1 Å². The van der Waals surface area contributed by atoms with Gasteiger partial charge in [-0.05, 0) is 40.9 Å². The van der Waals surface area contributed by atoms with E-state index in [4.69, 9.17) is 5.73 Å². The number of halogens is 1. The van der Waals surface area contributed by atoms with Crippen molar-refractivity contribution in [1.82, 2.24) is 0 Å². The van der Waals surface area contributed by atoms with Crippen molar-refractivity contribution in [3.05, 3.63) is 22.7 Å². The molecule has 1 aliphatic carbocycles. The van der Waals surface area contributed by atoms with Crippen LogP contribution in [0.3, 0.4) is 0 Å². The van der Waals surface area contributed by atoms with Crippen molar-refractivity contribution in [3.63, 3.8) is 0 Å². The summed E-state index contributed by atoms with van der Waals surface area (Å²) in [5, 5.41) is 3.37. The summed E-state index contributed by atoms with van der Waals surface area (Å²) < 4.78 is 0.966. The standard InChI is InChI=1S/C9H11BrN2/c10-7-2-1-3-8(9(7)11)12-6-4-5-6/h1-3,6,12H,4-5,11H2. The first-order chi connectivity index (χ1) is 5.77. The summed E-state index contributed by atoms with van der Waals surface area (Å²) in [5.41, 5.74) is 7.71. The molecule has 0 aliphatic heterocycles. The summed E-state index contributed by atoms with van der Waals surface area (Å²) in [5.74, 6) is 0. The fourth-order valence-corrected chi connectivity index (χ4v) is 1.48. The predicted octanol–water partition coefficient (Wildman–Crippen LogP) is 2.61. The highest BCUT2D eigenvalue weighted by Crippen LogP contribution is 2.31. The molecule has 1 aliphatic rings. The first-order valence-corrected chi connectivity index (χ1v) is 4.87. The van der Waals surface area contributed by atoms with Crippen molar-refractivity contribution in [2.24, 2.45) is 0 Å². The second-order valence-corrected chi connectivity index (χ2v) is 3.97. The highest BCUT2D eigenvalue weighted by molar-refractivity contribution is 9.10. The minimum absolute atomic E-state index is 0.654. The number of nitrogens with one attached hydrogen (secondary N) is 1. The van der Waals surface area contributed by atoms with Crippen LogP contribution in [-0.4, -0.2) is 6.04 Å². The Morgan fingerprint density at radius 2 is 2.17 bits per heavy atom. The van der Waals surface area contributed by atoms with Gasteiger partial charge in [-0.2, -0.15) is 0 Å². The first-order valence-electron chi connectivity index (χ1n) is 4.08. The van der Waals surface area contributed by atoms with Gasteiger partial charge >= 0.3 is 0 Å². The minimum atomic E-state index is 0.654. The van der Waals surface area contributed by atoms with Gasteiger partial charge in [-0.15, -0.1) is 0 Å². The van der Waals surface area contributed by atoms with Gasteiger partial charge < -0.3 is 11.1 Å². The largest absolute Gasteiger partial charge is 0.396 e. The van der Waals surface area contributed by atoms with E-state index in [1.165, 1.54) is 12.8 Å². The van der Waals surface area contributed by atoms with Crippen LogP contribution in [0.5, 0.6) is 0 Å². The number of hydrogen-bond donors (Lipinski definition) is 2. The van der Waals surface area contributed by atoms with E-state index in [-0.39, 0.29) is 0 Å². The van der Waals surface area contributed by atoms with Gasteiger partial charge in [0.1, 0.15) is 0 Å². The summed E-state index contributed by atoms with van der Waals surface area (Å²) in [4.78, 5) is 0. The van der Waals surface area contributed by atoms with Crippen LogP contribution >= 0.6 is 15.9 Å². The zero-order valence-electron chi connectivity index (χ0n) is 6.68. The lowest BCUT2D eigenvalue weighted by atomic mass is 10.2. The monoisotopic (exact) mass is 226 g/mol. The van der Waals surface area contributed by atoms with E-state index in [0.717, 1.165) is 15.8 Å². The van der Waals surface area contributed by atoms with Gasteiger partial charge in [0.05, 0.1) is 11.4 Å². The lowest BCUT2D eigenvalue weighted by molar-refractivity contribution is 1.16. The Morgan fingerprint density at radius 1 is 1.42 bits per heavy atom. The van der Waals surface area contributed by atoms with Gasteiger partial charge in [-0.1, -0.05) is 6.07 Å². The average molecular weight is 227 g/mol. The van der Waals surface area contributed by atoms with Crippen molar-refractivity contribution in [3.8, 4) is 0 Å². The molecule has 2 nitrogen and oxygen atoms in total. The van der Waals surface area contributed by atoms with Crippen LogP contribution in [0.25, 0.3) is 0 Å². The molecule has 64 valence electrons. The van der Waals surface area contributed by atoms with Gasteiger partial charge in [-0.3, -0.25) is 0 Å². The lowest BCUT2D eigenvalue weighted by Crippen LogP contribution is -2.03. The quantitative estimate of drug-likeness (QED) is 0.762. The highest BCUT2D eigenvalue weighted by atomic mass is 79.9. The summed E-state index contributed by atoms with van der Waals surface area (Å²) in [6.45, 7) is 0. The molecule has 3 N–H and O–H groups in total. The molecule has 0 heterocycles. The van der Waals surface area contributed by atoms with Crippen LogP contribution in [-0.2, 0) is 0 Å². The van der Waals surface area contributed by atoms with E-state index in [1.807, 2.05) is 18.2 Å². The maximum Gasteiger partial charge on any atom is 0.0694 e. The fraction of sp³-hybridized carbons (Fsp3) is 0.333. The van der Waals surface area contributed by atoms with Crippen molar-refractivity contribution < 1.29 is 0 Å². The van der Waals surface area contributed by atoms with E-state index >= 15 is 0 Å². The molecule has 1 saturated carbocycles. The van der Waals surface area contributed by atoms with E-state index in [0.29, 0.717) is 6.04 Å². The molecule has 12 heavy (non-hydrogen) atoms. The highest BCUT2D eigenvalue weighted by Gasteiger charge is 2.21. The number of anilines is 2. The molecule has 0 radical (unpaired) electrons. The second-order valence-electron chi connectivity index (χ2n) is 3.12. The molecule has 0 aromatic heterocycles. The molecular weight excluding hydrogens is 216 g/mol. The van der Waals surface area contributed by atoms with Gasteiger partial charge in [0.25, 0.3) is 0 Å². The van der Waals surface area contributed by atoms with E-state index in [1.54, 1.807) is 0 Å². The predicted molar refractivity (Wildman–Crippen MR) is 55.2 cm³/mol. The SMILES string of the molecule is Nc1c(Br)cccc1NC1CC1. The Bertz CT molecular complexity index is 295. The van der Waals surface area contributed by atoms with E-state index in [2.05, 4.69) is 21.2 Å². The Labute approximate surface area is 80.3 Å². The smallest absolute Gasteiger partial charge is 0.0694 e. The summed E-state index contributed by atoms with van der Waals surface area (Å²) in [6.07, 6.45) is 2.54. The molecule has 0 unspecified atom stereocenters. The number of rotatable bonds is 2. The van der Waals surface area contributed by atoms with Gasteiger partial charge in [0, 0.05) is 10.5 Å². The molecule has 1 aromatic carbocycles. The minimum Gasteiger partial charge on any atom is -0.396 e. The number of nitrogens with two attached hydrogens (primary N) is 1. The number of para-hydroxylation sites is 1. The third kappa shape index (κ3) is 1.55.